The average molecular weight is 484 g/mol. The molecule has 3 aromatic rings. The van der Waals surface area contributed by atoms with Gasteiger partial charge in [0.2, 0.25) is 11.9 Å². The molecular formula is C28H33N7O. The van der Waals surface area contributed by atoms with Gasteiger partial charge in [0.05, 0.1) is 0 Å². The lowest BCUT2D eigenvalue weighted by Gasteiger charge is -2.34. The fraction of sp³-hybridized carbons (Fsp3) is 0.321. The second-order valence-electron chi connectivity index (χ2n) is 9.46. The number of hydrogen-bond donors (Lipinski definition) is 2. The highest BCUT2D eigenvalue weighted by Crippen LogP contribution is 2.31. The summed E-state index contributed by atoms with van der Waals surface area (Å²) in [5.74, 6) is 1.40. The van der Waals surface area contributed by atoms with Crippen molar-refractivity contribution in [1.29, 1.82) is 0 Å². The molecule has 8 nitrogen and oxygen atoms in total. The first kappa shape index (κ1) is 23.8. The van der Waals surface area contributed by atoms with E-state index in [-0.39, 0.29) is 5.91 Å². The van der Waals surface area contributed by atoms with Crippen LogP contribution in [-0.2, 0) is 17.8 Å². The highest BCUT2D eigenvalue weighted by atomic mass is 16.1. The van der Waals surface area contributed by atoms with Gasteiger partial charge >= 0.3 is 0 Å². The van der Waals surface area contributed by atoms with E-state index in [2.05, 4.69) is 70.1 Å². The standard InChI is InChI=1S/C28H33N7O/c1-4-26(36)30-22-7-5-21(6-8-22)19-35-14-13-25-20(2)29-28(32-27(25)35)31-23-9-11-24(12-10-23)34-17-15-33(3)16-18-34/h4-12H,1,13-19H2,2-3H3,(H,30,36)(H,29,31,32). The maximum atomic E-state index is 11.5. The Labute approximate surface area is 212 Å². The zero-order valence-electron chi connectivity index (χ0n) is 21.0. The van der Waals surface area contributed by atoms with Crippen LogP contribution in [0.25, 0.3) is 0 Å². The van der Waals surface area contributed by atoms with Crippen molar-refractivity contribution in [2.24, 2.45) is 0 Å². The number of fused-ring (bicyclic) bond motifs is 1. The number of amides is 1. The van der Waals surface area contributed by atoms with Crippen molar-refractivity contribution in [1.82, 2.24) is 14.9 Å². The van der Waals surface area contributed by atoms with E-state index in [0.29, 0.717) is 5.95 Å². The largest absolute Gasteiger partial charge is 0.369 e. The number of aryl methyl sites for hydroxylation is 1. The molecule has 1 fully saturated rings. The summed E-state index contributed by atoms with van der Waals surface area (Å²) >= 11 is 0. The van der Waals surface area contributed by atoms with Crippen LogP contribution in [-0.4, -0.2) is 60.5 Å². The molecule has 0 spiro atoms. The third-order valence-corrected chi connectivity index (χ3v) is 6.90. The van der Waals surface area contributed by atoms with Gasteiger partial charge in [-0.05, 0) is 68.4 Å². The number of carbonyl (C=O) groups is 1. The topological polar surface area (TPSA) is 76.6 Å². The number of nitrogens with one attached hydrogen (secondary N) is 2. The maximum Gasteiger partial charge on any atom is 0.247 e. The fourth-order valence-corrected chi connectivity index (χ4v) is 4.75. The molecule has 0 unspecified atom stereocenters. The minimum atomic E-state index is -0.211. The number of hydrogen-bond acceptors (Lipinski definition) is 7. The number of rotatable bonds is 7. The second-order valence-corrected chi connectivity index (χ2v) is 9.46. The number of likely N-dealkylation sites (N-methyl/N-ethyl adjacent to an activating group) is 1. The Morgan fingerprint density at radius 1 is 0.972 bits per heavy atom. The smallest absolute Gasteiger partial charge is 0.247 e. The van der Waals surface area contributed by atoms with E-state index in [4.69, 9.17) is 9.97 Å². The molecule has 3 heterocycles. The number of nitrogens with zero attached hydrogens (tertiary/aromatic N) is 5. The predicted molar refractivity (Wildman–Crippen MR) is 146 cm³/mol. The third-order valence-electron chi connectivity index (χ3n) is 6.90. The first-order chi connectivity index (χ1) is 17.5. The molecule has 0 radical (unpaired) electrons. The summed E-state index contributed by atoms with van der Waals surface area (Å²) < 4.78 is 0. The molecule has 1 aromatic heterocycles. The van der Waals surface area contributed by atoms with Crippen LogP contribution in [0.5, 0.6) is 0 Å². The van der Waals surface area contributed by atoms with Gasteiger partial charge in [0, 0.05) is 67.6 Å². The molecule has 0 saturated carbocycles. The van der Waals surface area contributed by atoms with Gasteiger partial charge in [0.25, 0.3) is 0 Å². The van der Waals surface area contributed by atoms with Crippen molar-refractivity contribution in [3.8, 4) is 0 Å². The van der Waals surface area contributed by atoms with Crippen LogP contribution in [0.2, 0.25) is 0 Å². The molecule has 2 aliphatic rings. The SMILES string of the molecule is C=CC(=O)Nc1ccc(CN2CCc3c(C)nc(Nc4ccc(N5CCN(C)CC5)cc4)nc32)cc1. The first-order valence-electron chi connectivity index (χ1n) is 12.4. The van der Waals surface area contributed by atoms with E-state index in [0.717, 1.165) is 74.1 Å². The minimum Gasteiger partial charge on any atom is -0.369 e. The van der Waals surface area contributed by atoms with Crippen LogP contribution in [0.3, 0.4) is 0 Å². The zero-order chi connectivity index (χ0) is 25.1. The molecule has 0 bridgehead atoms. The summed E-state index contributed by atoms with van der Waals surface area (Å²) in [5, 5.41) is 6.19. The number of piperazine rings is 1. The van der Waals surface area contributed by atoms with Crippen LogP contribution in [0, 0.1) is 6.92 Å². The number of anilines is 5. The first-order valence-corrected chi connectivity index (χ1v) is 12.4. The highest BCUT2D eigenvalue weighted by molar-refractivity contribution is 5.98. The Kier molecular flexibility index (Phi) is 6.86. The van der Waals surface area contributed by atoms with Crippen molar-refractivity contribution in [3.63, 3.8) is 0 Å². The van der Waals surface area contributed by atoms with Crippen LogP contribution in [0.15, 0.2) is 61.2 Å². The molecule has 36 heavy (non-hydrogen) atoms. The van der Waals surface area contributed by atoms with Crippen LogP contribution in [0.1, 0.15) is 16.8 Å². The van der Waals surface area contributed by atoms with Gasteiger partial charge < -0.3 is 25.3 Å². The molecule has 0 aliphatic carbocycles. The molecule has 5 rings (SSSR count). The lowest BCUT2D eigenvalue weighted by molar-refractivity contribution is -0.111. The summed E-state index contributed by atoms with van der Waals surface area (Å²) in [6.07, 6.45) is 2.21. The maximum absolute atomic E-state index is 11.5. The average Bonchev–Trinajstić information content (AvgIpc) is 3.29. The zero-order valence-corrected chi connectivity index (χ0v) is 21.0. The lowest BCUT2D eigenvalue weighted by Crippen LogP contribution is -2.44. The van der Waals surface area contributed by atoms with E-state index >= 15 is 0 Å². The monoisotopic (exact) mass is 483 g/mol. The molecule has 2 aromatic carbocycles. The fourth-order valence-electron chi connectivity index (χ4n) is 4.75. The highest BCUT2D eigenvalue weighted by Gasteiger charge is 2.24. The number of aromatic nitrogens is 2. The van der Waals surface area contributed by atoms with Gasteiger partial charge in [-0.25, -0.2) is 4.98 Å². The molecule has 1 saturated heterocycles. The molecule has 2 N–H and O–H groups in total. The number of benzene rings is 2. The van der Waals surface area contributed by atoms with Crippen LogP contribution in [0.4, 0.5) is 28.8 Å². The van der Waals surface area contributed by atoms with Gasteiger partial charge in [-0.2, -0.15) is 4.98 Å². The van der Waals surface area contributed by atoms with Crippen molar-refractivity contribution >= 4 is 34.7 Å². The Morgan fingerprint density at radius 2 is 1.67 bits per heavy atom. The van der Waals surface area contributed by atoms with Crippen molar-refractivity contribution < 1.29 is 4.79 Å². The van der Waals surface area contributed by atoms with E-state index < -0.39 is 0 Å². The summed E-state index contributed by atoms with van der Waals surface area (Å²) in [5.41, 5.74) is 6.37. The van der Waals surface area contributed by atoms with Crippen molar-refractivity contribution in [2.45, 2.75) is 19.9 Å². The van der Waals surface area contributed by atoms with E-state index in [1.54, 1.807) is 0 Å². The Bertz CT molecular complexity index is 1230. The predicted octanol–water partition coefficient (Wildman–Crippen LogP) is 3.97. The summed E-state index contributed by atoms with van der Waals surface area (Å²) in [7, 11) is 2.17. The van der Waals surface area contributed by atoms with Gasteiger partial charge in [-0.1, -0.05) is 18.7 Å². The van der Waals surface area contributed by atoms with E-state index in [9.17, 15) is 4.79 Å². The molecule has 2 aliphatic heterocycles. The van der Waals surface area contributed by atoms with Gasteiger partial charge in [0.15, 0.2) is 0 Å². The van der Waals surface area contributed by atoms with E-state index in [1.165, 1.54) is 17.3 Å². The van der Waals surface area contributed by atoms with Crippen molar-refractivity contribution in [2.75, 3.05) is 60.2 Å². The van der Waals surface area contributed by atoms with Crippen LogP contribution < -0.4 is 20.4 Å². The van der Waals surface area contributed by atoms with Gasteiger partial charge in [-0.3, -0.25) is 4.79 Å². The summed E-state index contributed by atoms with van der Waals surface area (Å²) in [6, 6.07) is 16.4. The summed E-state index contributed by atoms with van der Waals surface area (Å²) in [4.78, 5) is 28.2. The summed E-state index contributed by atoms with van der Waals surface area (Å²) in [6.45, 7) is 11.5. The number of carbonyl (C=O) groups excluding carboxylic acids is 1. The quantitative estimate of drug-likeness (QED) is 0.493. The molecule has 1 amide bonds. The second kappa shape index (κ2) is 10.4. The third kappa shape index (κ3) is 5.33. The molecule has 8 heteroatoms. The lowest BCUT2D eigenvalue weighted by atomic mass is 10.2. The molecular weight excluding hydrogens is 450 g/mol. The van der Waals surface area contributed by atoms with Crippen LogP contribution >= 0.6 is 0 Å². The molecule has 0 atom stereocenters. The minimum absolute atomic E-state index is 0.211. The van der Waals surface area contributed by atoms with Gasteiger partial charge in [-0.15, -0.1) is 0 Å². The van der Waals surface area contributed by atoms with E-state index in [1.807, 2.05) is 24.3 Å². The van der Waals surface area contributed by atoms with Gasteiger partial charge in [0.1, 0.15) is 5.82 Å². The normalized spacial score (nSPS) is 15.5. The van der Waals surface area contributed by atoms with Crippen molar-refractivity contribution in [3.05, 3.63) is 78.0 Å². The Hall–Kier alpha value is -3.91. The Balaban J connectivity index is 1.27. The Morgan fingerprint density at radius 3 is 2.36 bits per heavy atom. The molecule has 186 valence electrons.